The van der Waals surface area contributed by atoms with Crippen molar-refractivity contribution >= 4 is 44.2 Å². The summed E-state index contributed by atoms with van der Waals surface area (Å²) < 4.78 is 25.1. The predicted octanol–water partition coefficient (Wildman–Crippen LogP) is 0.172. The lowest BCUT2D eigenvalue weighted by Gasteiger charge is -1.99. The number of fused-ring (bicyclic) bond motifs is 1. The molecule has 0 bridgehead atoms. The van der Waals surface area contributed by atoms with E-state index in [0.717, 1.165) is 9.83 Å². The van der Waals surface area contributed by atoms with Crippen molar-refractivity contribution in [3.63, 3.8) is 0 Å². The molecular weight excluding hydrogens is 409 g/mol. The molecule has 0 aliphatic rings. The maximum atomic E-state index is 11.5. The highest BCUT2D eigenvalue weighted by molar-refractivity contribution is 14.1. The number of nitrogens with zero attached hydrogens (tertiary/aromatic N) is 6. The molecule has 0 atom stereocenters. The maximum absolute atomic E-state index is 11.5. The predicted molar refractivity (Wildman–Crippen MR) is 82.0 cm³/mol. The average molecular weight is 417 g/mol. The average Bonchev–Trinajstić information content (AvgIpc) is 2.83. The van der Waals surface area contributed by atoms with E-state index in [1.165, 1.54) is 4.52 Å². The fourth-order valence-corrected chi connectivity index (χ4v) is 2.39. The molecular formula is C10H8IN7O2S. The van der Waals surface area contributed by atoms with Crippen LogP contribution >= 0.6 is 22.6 Å². The number of aromatic nitrogens is 6. The molecule has 3 aromatic rings. The Morgan fingerprint density at radius 2 is 2.00 bits per heavy atom. The molecule has 0 amide bonds. The number of anilines is 1. The summed E-state index contributed by atoms with van der Waals surface area (Å²) in [5.74, 6) is 0.237. The van der Waals surface area contributed by atoms with Crippen LogP contribution in [-0.4, -0.2) is 44.2 Å². The monoisotopic (exact) mass is 417 g/mol. The van der Waals surface area contributed by atoms with Gasteiger partial charge in [0.15, 0.2) is 0 Å². The molecule has 0 aliphatic carbocycles. The van der Waals surface area contributed by atoms with Gasteiger partial charge in [0, 0.05) is 16.0 Å². The van der Waals surface area contributed by atoms with Gasteiger partial charge in [-0.25, -0.2) is 8.42 Å². The molecule has 0 aromatic carbocycles. The van der Waals surface area contributed by atoms with Gasteiger partial charge in [-0.1, -0.05) is 0 Å². The standard InChI is InChI=1S/C10H8IN7O2S/c1-21(19,20)10-15-8(12)18-9(16-10)14-7(17-18)6-3-2-5(11)4-13-6/h2-4H,1H3,(H2,12,14,15,16,17). The van der Waals surface area contributed by atoms with Crippen LogP contribution in [0.5, 0.6) is 0 Å². The van der Waals surface area contributed by atoms with Gasteiger partial charge in [-0.05, 0) is 34.7 Å². The summed E-state index contributed by atoms with van der Waals surface area (Å²) in [6.07, 6.45) is 2.66. The van der Waals surface area contributed by atoms with Gasteiger partial charge in [0.1, 0.15) is 5.69 Å². The van der Waals surface area contributed by atoms with E-state index in [-0.39, 0.29) is 22.7 Å². The van der Waals surface area contributed by atoms with Crippen LogP contribution in [0.2, 0.25) is 0 Å². The second-order valence-electron chi connectivity index (χ2n) is 4.15. The van der Waals surface area contributed by atoms with Crippen molar-refractivity contribution in [2.45, 2.75) is 5.16 Å². The summed E-state index contributed by atoms with van der Waals surface area (Å²) in [6, 6.07) is 3.60. The molecule has 0 radical (unpaired) electrons. The molecule has 9 nitrogen and oxygen atoms in total. The Kier molecular flexibility index (Phi) is 3.24. The summed E-state index contributed by atoms with van der Waals surface area (Å²) >= 11 is 2.13. The summed E-state index contributed by atoms with van der Waals surface area (Å²) in [6.45, 7) is 0. The zero-order valence-electron chi connectivity index (χ0n) is 10.6. The molecule has 11 heteroatoms. The van der Waals surface area contributed by atoms with E-state index in [2.05, 4.69) is 47.6 Å². The first-order valence-corrected chi connectivity index (χ1v) is 8.54. The van der Waals surface area contributed by atoms with E-state index in [9.17, 15) is 8.42 Å². The summed E-state index contributed by atoms with van der Waals surface area (Å²) in [5.41, 5.74) is 6.22. The molecule has 21 heavy (non-hydrogen) atoms. The lowest BCUT2D eigenvalue weighted by molar-refractivity contribution is 0.592. The first kappa shape index (κ1) is 14.1. The first-order valence-electron chi connectivity index (χ1n) is 5.57. The van der Waals surface area contributed by atoms with Crippen LogP contribution in [0.25, 0.3) is 17.3 Å². The smallest absolute Gasteiger partial charge is 0.258 e. The fourth-order valence-electron chi connectivity index (χ4n) is 1.57. The third-order valence-corrected chi connectivity index (χ3v) is 3.99. The van der Waals surface area contributed by atoms with E-state index >= 15 is 0 Å². The highest BCUT2D eigenvalue weighted by atomic mass is 127. The summed E-state index contributed by atoms with van der Waals surface area (Å²) in [5, 5.41) is 3.74. The van der Waals surface area contributed by atoms with E-state index in [0.29, 0.717) is 5.69 Å². The van der Waals surface area contributed by atoms with Crippen molar-refractivity contribution in [1.82, 2.24) is 29.5 Å². The Morgan fingerprint density at radius 3 is 2.62 bits per heavy atom. The molecule has 0 aliphatic heterocycles. The second kappa shape index (κ2) is 4.84. The first-order chi connectivity index (χ1) is 9.84. The highest BCUT2D eigenvalue weighted by Crippen LogP contribution is 2.16. The van der Waals surface area contributed by atoms with Crippen LogP contribution in [0.3, 0.4) is 0 Å². The third kappa shape index (κ3) is 2.65. The summed E-state index contributed by atoms with van der Waals surface area (Å²) in [4.78, 5) is 15.9. The number of rotatable bonds is 2. The molecule has 0 spiro atoms. The lowest BCUT2D eigenvalue weighted by Crippen LogP contribution is -2.11. The third-order valence-electron chi connectivity index (χ3n) is 2.50. The van der Waals surface area contributed by atoms with Gasteiger partial charge in [0.2, 0.25) is 21.6 Å². The van der Waals surface area contributed by atoms with Crippen molar-refractivity contribution in [2.75, 3.05) is 12.0 Å². The number of nitrogens with two attached hydrogens (primary N) is 1. The van der Waals surface area contributed by atoms with Gasteiger partial charge in [-0.3, -0.25) is 4.98 Å². The van der Waals surface area contributed by atoms with E-state index in [1.807, 2.05) is 6.07 Å². The molecule has 2 N–H and O–H groups in total. The molecule has 0 saturated carbocycles. The zero-order chi connectivity index (χ0) is 15.2. The van der Waals surface area contributed by atoms with Gasteiger partial charge >= 0.3 is 0 Å². The van der Waals surface area contributed by atoms with Gasteiger partial charge < -0.3 is 5.73 Å². The van der Waals surface area contributed by atoms with Crippen LogP contribution in [0.1, 0.15) is 0 Å². The van der Waals surface area contributed by atoms with Gasteiger partial charge in [-0.15, -0.1) is 5.10 Å². The van der Waals surface area contributed by atoms with Crippen LogP contribution in [0.4, 0.5) is 5.95 Å². The Hall–Kier alpha value is -1.89. The normalized spacial score (nSPS) is 11.9. The van der Waals surface area contributed by atoms with Crippen molar-refractivity contribution < 1.29 is 8.42 Å². The molecule has 0 unspecified atom stereocenters. The number of nitrogen functional groups attached to an aromatic ring is 1. The largest absolute Gasteiger partial charge is 0.368 e. The highest BCUT2D eigenvalue weighted by Gasteiger charge is 2.17. The summed E-state index contributed by atoms with van der Waals surface area (Å²) in [7, 11) is -3.58. The topological polar surface area (TPSA) is 129 Å². The quantitative estimate of drug-likeness (QED) is 0.585. The van der Waals surface area contributed by atoms with Gasteiger partial charge in [-0.2, -0.15) is 19.5 Å². The second-order valence-corrected chi connectivity index (χ2v) is 7.30. The minimum Gasteiger partial charge on any atom is -0.368 e. The van der Waals surface area contributed by atoms with Gasteiger partial charge in [0.25, 0.3) is 10.9 Å². The maximum Gasteiger partial charge on any atom is 0.258 e. The van der Waals surface area contributed by atoms with Crippen LogP contribution in [0.15, 0.2) is 23.5 Å². The van der Waals surface area contributed by atoms with Crippen LogP contribution in [0, 0.1) is 3.57 Å². The number of pyridine rings is 1. The molecule has 3 aromatic heterocycles. The molecule has 3 rings (SSSR count). The van der Waals surface area contributed by atoms with E-state index < -0.39 is 9.84 Å². The van der Waals surface area contributed by atoms with Crippen molar-refractivity contribution in [2.24, 2.45) is 0 Å². The zero-order valence-corrected chi connectivity index (χ0v) is 13.6. The Morgan fingerprint density at radius 1 is 1.24 bits per heavy atom. The number of sulfone groups is 1. The molecule has 0 fully saturated rings. The van der Waals surface area contributed by atoms with E-state index in [4.69, 9.17) is 5.73 Å². The Labute approximate surface area is 132 Å². The van der Waals surface area contributed by atoms with Crippen LogP contribution < -0.4 is 5.73 Å². The molecule has 0 saturated heterocycles. The molecule has 3 heterocycles. The Balaban J connectivity index is 2.20. The fraction of sp³-hybridized carbons (Fsp3) is 0.100. The molecule has 108 valence electrons. The van der Waals surface area contributed by atoms with Crippen molar-refractivity contribution in [1.29, 1.82) is 0 Å². The van der Waals surface area contributed by atoms with Crippen molar-refractivity contribution in [3.05, 3.63) is 21.9 Å². The number of hydrogen-bond acceptors (Lipinski definition) is 8. The number of hydrogen-bond donors (Lipinski definition) is 1. The van der Waals surface area contributed by atoms with Gasteiger partial charge in [0.05, 0.1) is 0 Å². The van der Waals surface area contributed by atoms with Crippen LogP contribution in [-0.2, 0) is 9.84 Å². The minimum absolute atomic E-state index is 0.0540. The van der Waals surface area contributed by atoms with E-state index in [1.54, 1.807) is 12.3 Å². The number of halogens is 1. The minimum atomic E-state index is -3.58. The van der Waals surface area contributed by atoms with Crippen molar-refractivity contribution in [3.8, 4) is 11.5 Å². The Bertz CT molecular complexity index is 936. The lowest BCUT2D eigenvalue weighted by atomic mass is 10.3. The SMILES string of the molecule is CS(=O)(=O)c1nc(N)n2nc(-c3ccc(I)cn3)nc2n1.